The number of sulfonamides is 1. The van der Waals surface area contributed by atoms with Crippen LogP contribution in [-0.2, 0) is 10.0 Å². The fourth-order valence-corrected chi connectivity index (χ4v) is 5.29. The zero-order valence-corrected chi connectivity index (χ0v) is 13.9. The van der Waals surface area contributed by atoms with E-state index in [4.69, 9.17) is 11.6 Å². The van der Waals surface area contributed by atoms with Gasteiger partial charge in [-0.05, 0) is 37.5 Å². The smallest absolute Gasteiger partial charge is 0.207 e. The average molecular weight is 367 g/mol. The Morgan fingerprint density at radius 2 is 2.16 bits per heavy atom. The van der Waals surface area contributed by atoms with Crippen LogP contribution < -0.4 is 0 Å². The minimum atomic E-state index is -3.49. The summed E-state index contributed by atoms with van der Waals surface area (Å²) in [6.45, 7) is 2.62. The van der Waals surface area contributed by atoms with Gasteiger partial charge in [-0.15, -0.1) is 0 Å². The molecule has 2 rings (SSSR count). The second kappa shape index (κ2) is 6.12. The van der Waals surface area contributed by atoms with Crippen molar-refractivity contribution in [1.82, 2.24) is 4.31 Å². The number of nitrogens with zero attached hydrogens (tertiary/aromatic N) is 1. The third kappa shape index (κ3) is 3.15. The molecular weight excluding hydrogens is 350 g/mol. The molecule has 0 aromatic heterocycles. The van der Waals surface area contributed by atoms with E-state index in [1.54, 1.807) is 22.5 Å². The second-order valence-corrected chi connectivity index (χ2v) is 7.93. The minimum Gasteiger partial charge on any atom is -0.207 e. The van der Waals surface area contributed by atoms with Gasteiger partial charge < -0.3 is 0 Å². The average Bonchev–Trinajstić information content (AvgIpc) is 2.38. The van der Waals surface area contributed by atoms with Gasteiger partial charge >= 0.3 is 0 Å². The number of benzene rings is 1. The first kappa shape index (κ1) is 15.3. The standard InChI is InChI=1S/C13H17BrClNO2S/c1-2-11-5-3-4-8-16(11)19(17,18)13-7-6-10(14)9-12(13)15/h6-7,9,11H,2-5,8H2,1H3. The fraction of sp³-hybridized carbons (Fsp3) is 0.538. The van der Waals surface area contributed by atoms with E-state index in [2.05, 4.69) is 15.9 Å². The van der Waals surface area contributed by atoms with E-state index >= 15 is 0 Å². The Morgan fingerprint density at radius 3 is 2.79 bits per heavy atom. The molecular formula is C13H17BrClNO2S. The van der Waals surface area contributed by atoms with Crippen molar-refractivity contribution in [1.29, 1.82) is 0 Å². The van der Waals surface area contributed by atoms with E-state index in [-0.39, 0.29) is 16.0 Å². The van der Waals surface area contributed by atoms with Gasteiger partial charge in [0.2, 0.25) is 10.0 Å². The summed E-state index contributed by atoms with van der Waals surface area (Å²) < 4.78 is 27.8. The molecule has 0 radical (unpaired) electrons. The Labute approximate surface area is 128 Å². The lowest BCUT2D eigenvalue weighted by molar-refractivity contribution is 0.246. The van der Waals surface area contributed by atoms with Crippen LogP contribution in [0, 0.1) is 0 Å². The molecule has 0 saturated carbocycles. The Kier molecular flexibility index (Phi) is 4.93. The van der Waals surface area contributed by atoms with Crippen molar-refractivity contribution in [3.63, 3.8) is 0 Å². The lowest BCUT2D eigenvalue weighted by atomic mass is 10.0. The molecule has 1 saturated heterocycles. The summed E-state index contributed by atoms with van der Waals surface area (Å²) in [4.78, 5) is 0.206. The highest BCUT2D eigenvalue weighted by Crippen LogP contribution is 2.31. The molecule has 1 heterocycles. The quantitative estimate of drug-likeness (QED) is 0.809. The predicted molar refractivity (Wildman–Crippen MR) is 81.0 cm³/mol. The van der Waals surface area contributed by atoms with E-state index in [0.29, 0.717) is 6.54 Å². The van der Waals surface area contributed by atoms with Crippen LogP contribution in [-0.4, -0.2) is 25.3 Å². The van der Waals surface area contributed by atoms with Gasteiger partial charge in [0.25, 0.3) is 0 Å². The van der Waals surface area contributed by atoms with Gasteiger partial charge in [-0.2, -0.15) is 4.31 Å². The molecule has 1 aromatic rings. The molecule has 6 heteroatoms. The van der Waals surface area contributed by atoms with Gasteiger partial charge in [0.1, 0.15) is 4.90 Å². The summed E-state index contributed by atoms with van der Waals surface area (Å²) in [7, 11) is -3.49. The first-order valence-corrected chi connectivity index (χ1v) is 9.05. The third-order valence-corrected chi connectivity index (χ3v) is 6.45. The lowest BCUT2D eigenvalue weighted by Crippen LogP contribution is -2.43. The molecule has 1 aromatic carbocycles. The van der Waals surface area contributed by atoms with Crippen molar-refractivity contribution in [2.75, 3.05) is 6.54 Å². The molecule has 3 nitrogen and oxygen atoms in total. The number of halogens is 2. The summed E-state index contributed by atoms with van der Waals surface area (Å²) in [6, 6.07) is 5.00. The maximum absolute atomic E-state index is 12.7. The van der Waals surface area contributed by atoms with E-state index in [1.807, 2.05) is 6.92 Å². The van der Waals surface area contributed by atoms with Crippen LogP contribution in [0.2, 0.25) is 5.02 Å². The van der Waals surface area contributed by atoms with E-state index < -0.39 is 10.0 Å². The molecule has 1 aliphatic rings. The van der Waals surface area contributed by atoms with Gasteiger partial charge in [0.15, 0.2) is 0 Å². The molecule has 0 bridgehead atoms. The second-order valence-electron chi connectivity index (χ2n) is 4.75. The minimum absolute atomic E-state index is 0.0958. The Balaban J connectivity index is 2.40. The first-order valence-electron chi connectivity index (χ1n) is 6.43. The van der Waals surface area contributed by atoms with Gasteiger partial charge in [-0.1, -0.05) is 40.9 Å². The summed E-state index contributed by atoms with van der Waals surface area (Å²) >= 11 is 9.38. The van der Waals surface area contributed by atoms with Crippen LogP contribution in [0.4, 0.5) is 0 Å². The highest BCUT2D eigenvalue weighted by molar-refractivity contribution is 9.10. The third-order valence-electron chi connectivity index (χ3n) is 3.52. The van der Waals surface area contributed by atoms with Gasteiger partial charge in [0.05, 0.1) is 5.02 Å². The number of piperidine rings is 1. The Morgan fingerprint density at radius 1 is 1.42 bits per heavy atom. The van der Waals surface area contributed by atoms with Crippen molar-refractivity contribution in [2.24, 2.45) is 0 Å². The molecule has 0 aliphatic carbocycles. The predicted octanol–water partition coefficient (Wildman–Crippen LogP) is 4.06. The van der Waals surface area contributed by atoms with Crippen LogP contribution >= 0.6 is 27.5 Å². The molecule has 0 amide bonds. The summed E-state index contributed by atoms with van der Waals surface area (Å²) in [6.07, 6.45) is 3.79. The number of hydrogen-bond donors (Lipinski definition) is 0. The topological polar surface area (TPSA) is 37.4 Å². The van der Waals surface area contributed by atoms with Crippen LogP contribution in [0.3, 0.4) is 0 Å². The lowest BCUT2D eigenvalue weighted by Gasteiger charge is -2.34. The molecule has 0 N–H and O–H groups in total. The highest BCUT2D eigenvalue weighted by Gasteiger charge is 2.33. The van der Waals surface area contributed by atoms with Crippen molar-refractivity contribution in [3.8, 4) is 0 Å². The number of rotatable bonds is 3. The summed E-state index contributed by atoms with van der Waals surface area (Å²) in [5, 5.41) is 0.273. The van der Waals surface area contributed by atoms with Crippen LogP contribution in [0.25, 0.3) is 0 Å². The van der Waals surface area contributed by atoms with Crippen LogP contribution in [0.15, 0.2) is 27.6 Å². The van der Waals surface area contributed by atoms with Crippen LogP contribution in [0.1, 0.15) is 32.6 Å². The van der Waals surface area contributed by atoms with E-state index in [9.17, 15) is 8.42 Å². The first-order chi connectivity index (χ1) is 8.96. The maximum Gasteiger partial charge on any atom is 0.244 e. The summed E-state index contributed by atoms with van der Waals surface area (Å²) in [5.74, 6) is 0. The van der Waals surface area contributed by atoms with Crippen LogP contribution in [0.5, 0.6) is 0 Å². The summed E-state index contributed by atoms with van der Waals surface area (Å²) in [5.41, 5.74) is 0. The van der Waals surface area contributed by atoms with Crippen molar-refractivity contribution < 1.29 is 8.42 Å². The Hall–Kier alpha value is -0.100. The number of hydrogen-bond acceptors (Lipinski definition) is 2. The van der Waals surface area contributed by atoms with Crippen molar-refractivity contribution in [3.05, 3.63) is 27.7 Å². The van der Waals surface area contributed by atoms with Gasteiger partial charge in [-0.25, -0.2) is 8.42 Å². The molecule has 1 fully saturated rings. The van der Waals surface area contributed by atoms with Crippen molar-refractivity contribution in [2.45, 2.75) is 43.5 Å². The zero-order chi connectivity index (χ0) is 14.0. The van der Waals surface area contributed by atoms with E-state index in [0.717, 1.165) is 30.2 Å². The van der Waals surface area contributed by atoms with Crippen molar-refractivity contribution >= 4 is 37.6 Å². The fourth-order valence-electron chi connectivity index (χ4n) is 2.51. The van der Waals surface area contributed by atoms with E-state index in [1.165, 1.54) is 0 Å². The molecule has 19 heavy (non-hydrogen) atoms. The van der Waals surface area contributed by atoms with Gasteiger partial charge in [0, 0.05) is 17.1 Å². The molecule has 1 unspecified atom stereocenters. The Bertz CT molecular complexity index is 562. The zero-order valence-electron chi connectivity index (χ0n) is 10.8. The highest BCUT2D eigenvalue weighted by atomic mass is 79.9. The molecule has 106 valence electrons. The monoisotopic (exact) mass is 365 g/mol. The largest absolute Gasteiger partial charge is 0.244 e. The maximum atomic E-state index is 12.7. The molecule has 1 aliphatic heterocycles. The molecule has 0 spiro atoms. The SMILES string of the molecule is CCC1CCCCN1S(=O)(=O)c1ccc(Br)cc1Cl. The van der Waals surface area contributed by atoms with Gasteiger partial charge in [-0.3, -0.25) is 0 Å². The normalized spacial score (nSPS) is 21.5. The molecule has 1 atom stereocenters.